The topological polar surface area (TPSA) is 43.4 Å². The fourth-order valence-corrected chi connectivity index (χ4v) is 4.07. The van der Waals surface area contributed by atoms with E-state index in [0.29, 0.717) is 20.7 Å². The van der Waals surface area contributed by atoms with Gasteiger partial charge in [0, 0.05) is 10.0 Å². The first-order valence-electron chi connectivity index (χ1n) is 6.68. The van der Waals surface area contributed by atoms with Crippen molar-refractivity contribution in [2.75, 3.05) is 0 Å². The smallest absolute Gasteiger partial charge is 0.313 e. The number of carbonyl (C=O) groups excluding carboxylic acids is 1. The molecule has 0 N–H and O–H groups in total. The van der Waals surface area contributed by atoms with E-state index in [9.17, 15) is 9.36 Å². The van der Waals surface area contributed by atoms with Crippen molar-refractivity contribution in [2.24, 2.45) is 5.92 Å². The second-order valence-electron chi connectivity index (χ2n) is 5.07. The maximum Gasteiger partial charge on any atom is 0.313 e. The zero-order valence-corrected chi connectivity index (χ0v) is 14.5. The Labute approximate surface area is 139 Å². The first-order chi connectivity index (χ1) is 10.3. The molecule has 0 aliphatic heterocycles. The van der Waals surface area contributed by atoms with E-state index in [4.69, 9.17) is 27.7 Å². The quantitative estimate of drug-likeness (QED) is 0.761. The highest BCUT2D eigenvalue weighted by molar-refractivity contribution is 7.74. The number of hydrogen-bond donors (Lipinski definition) is 0. The molecule has 0 saturated heterocycles. The van der Waals surface area contributed by atoms with Crippen molar-refractivity contribution in [3.63, 3.8) is 0 Å². The number of rotatable bonds is 4. The molecule has 0 amide bonds. The monoisotopic (exact) mass is 356 g/mol. The Morgan fingerprint density at radius 2 is 1.27 bits per heavy atom. The summed E-state index contributed by atoms with van der Waals surface area (Å²) < 4.78 is 18.8. The number of halogens is 2. The maximum atomic E-state index is 13.4. The van der Waals surface area contributed by atoms with Crippen LogP contribution in [0.5, 0.6) is 0 Å². The lowest BCUT2D eigenvalue weighted by Crippen LogP contribution is -2.22. The summed E-state index contributed by atoms with van der Waals surface area (Å²) in [5.41, 5.74) is 0. The third kappa shape index (κ3) is 3.73. The van der Waals surface area contributed by atoms with Crippen LogP contribution in [-0.4, -0.2) is 5.97 Å². The molecule has 22 heavy (non-hydrogen) atoms. The lowest BCUT2D eigenvalue weighted by molar-refractivity contribution is -0.137. The van der Waals surface area contributed by atoms with Crippen molar-refractivity contribution >= 4 is 47.1 Å². The van der Waals surface area contributed by atoms with E-state index in [1.54, 1.807) is 62.4 Å². The Hall–Kier alpha value is -1.28. The van der Waals surface area contributed by atoms with Crippen molar-refractivity contribution in [2.45, 2.75) is 13.8 Å². The van der Waals surface area contributed by atoms with Crippen LogP contribution < -0.4 is 10.6 Å². The fourth-order valence-electron chi connectivity index (χ4n) is 1.76. The Kier molecular flexibility index (Phi) is 5.33. The Bertz CT molecular complexity index is 660. The molecular weight excluding hydrogens is 342 g/mol. The minimum absolute atomic E-state index is 0.382. The standard InChI is InChI=1S/C16H15Cl2O3P/c1-11(2)16(19)21-22(20,14-7-3-12(17)4-8-14)15-9-5-13(18)6-10-15/h3-11H,1-2H3. The summed E-state index contributed by atoms with van der Waals surface area (Å²) in [4.78, 5) is 12.0. The van der Waals surface area contributed by atoms with E-state index < -0.39 is 13.3 Å². The number of benzene rings is 2. The first kappa shape index (κ1) is 17.1. The second-order valence-corrected chi connectivity index (χ2v) is 8.26. The highest BCUT2D eigenvalue weighted by Gasteiger charge is 2.33. The molecule has 0 radical (unpaired) electrons. The van der Waals surface area contributed by atoms with Gasteiger partial charge in [0.2, 0.25) is 0 Å². The molecule has 2 aromatic rings. The Morgan fingerprint density at radius 3 is 1.59 bits per heavy atom. The van der Waals surface area contributed by atoms with Gasteiger partial charge < -0.3 is 4.52 Å². The summed E-state index contributed by atoms with van der Waals surface area (Å²) in [5, 5.41) is 1.85. The molecule has 0 spiro atoms. The molecule has 0 bridgehead atoms. The second kappa shape index (κ2) is 6.87. The molecule has 6 heteroatoms. The van der Waals surface area contributed by atoms with E-state index in [2.05, 4.69) is 0 Å². The average Bonchev–Trinajstić information content (AvgIpc) is 2.48. The van der Waals surface area contributed by atoms with Gasteiger partial charge in [0.25, 0.3) is 0 Å². The van der Waals surface area contributed by atoms with Crippen molar-refractivity contribution in [1.29, 1.82) is 0 Å². The van der Waals surface area contributed by atoms with E-state index in [-0.39, 0.29) is 5.92 Å². The van der Waals surface area contributed by atoms with Crippen molar-refractivity contribution < 1.29 is 13.9 Å². The van der Waals surface area contributed by atoms with E-state index in [1.165, 1.54) is 0 Å². The van der Waals surface area contributed by atoms with Gasteiger partial charge >= 0.3 is 13.3 Å². The van der Waals surface area contributed by atoms with Crippen LogP contribution in [0, 0.1) is 5.92 Å². The Balaban J connectivity index is 2.53. The summed E-state index contributed by atoms with van der Waals surface area (Å²) in [5.74, 6) is -0.902. The van der Waals surface area contributed by atoms with Crippen LogP contribution in [0.4, 0.5) is 0 Å². The summed E-state index contributed by atoms with van der Waals surface area (Å²) in [7, 11) is -3.54. The molecule has 0 saturated carbocycles. The highest BCUT2D eigenvalue weighted by atomic mass is 35.5. The van der Waals surface area contributed by atoms with Crippen LogP contribution in [-0.2, 0) is 13.9 Å². The van der Waals surface area contributed by atoms with Crippen LogP contribution >= 0.6 is 30.6 Å². The van der Waals surface area contributed by atoms with Gasteiger partial charge in [0.05, 0.1) is 16.5 Å². The minimum Gasteiger partial charge on any atom is -0.404 e. The lowest BCUT2D eigenvalue weighted by Gasteiger charge is -2.20. The SMILES string of the molecule is CC(C)C(=O)OP(=O)(c1ccc(Cl)cc1)c1ccc(Cl)cc1. The number of hydrogen-bond acceptors (Lipinski definition) is 3. The van der Waals surface area contributed by atoms with E-state index >= 15 is 0 Å². The number of carbonyl (C=O) groups is 1. The summed E-state index contributed by atoms with van der Waals surface area (Å²) in [6.45, 7) is 3.38. The molecule has 3 nitrogen and oxygen atoms in total. The molecule has 2 aromatic carbocycles. The van der Waals surface area contributed by atoms with Crippen molar-refractivity contribution in [3.8, 4) is 0 Å². The van der Waals surface area contributed by atoms with Crippen molar-refractivity contribution in [1.82, 2.24) is 0 Å². The van der Waals surface area contributed by atoms with Gasteiger partial charge in [0.15, 0.2) is 0 Å². The summed E-state index contributed by atoms with van der Waals surface area (Å²) >= 11 is 11.7. The molecule has 0 atom stereocenters. The largest absolute Gasteiger partial charge is 0.404 e. The first-order valence-corrected chi connectivity index (χ1v) is 9.07. The molecule has 0 fully saturated rings. The predicted molar refractivity (Wildman–Crippen MR) is 90.7 cm³/mol. The van der Waals surface area contributed by atoms with Gasteiger partial charge in [-0.1, -0.05) is 37.0 Å². The fraction of sp³-hybridized carbons (Fsp3) is 0.188. The molecule has 2 rings (SSSR count). The molecule has 0 heterocycles. The van der Waals surface area contributed by atoms with Crippen LogP contribution in [0.25, 0.3) is 0 Å². The summed E-state index contributed by atoms with van der Waals surface area (Å²) in [6, 6.07) is 12.9. The highest BCUT2D eigenvalue weighted by Crippen LogP contribution is 2.45. The van der Waals surface area contributed by atoms with Crippen LogP contribution in [0.2, 0.25) is 10.0 Å². The van der Waals surface area contributed by atoms with E-state index in [0.717, 1.165) is 0 Å². The zero-order valence-electron chi connectivity index (χ0n) is 12.1. The third-order valence-electron chi connectivity index (χ3n) is 3.02. The molecule has 0 aliphatic rings. The van der Waals surface area contributed by atoms with Crippen molar-refractivity contribution in [3.05, 3.63) is 58.6 Å². The molecule has 116 valence electrons. The van der Waals surface area contributed by atoms with E-state index in [1.807, 2.05) is 0 Å². The molecule has 0 aromatic heterocycles. The van der Waals surface area contributed by atoms with Gasteiger partial charge in [-0.05, 0) is 48.5 Å². The van der Waals surface area contributed by atoms with Gasteiger partial charge in [-0.3, -0.25) is 9.36 Å². The van der Waals surface area contributed by atoms with Gasteiger partial charge in [-0.15, -0.1) is 0 Å². The van der Waals surface area contributed by atoms with Crippen LogP contribution in [0.3, 0.4) is 0 Å². The van der Waals surface area contributed by atoms with Gasteiger partial charge in [-0.25, -0.2) is 0 Å². The lowest BCUT2D eigenvalue weighted by atomic mass is 10.2. The Morgan fingerprint density at radius 1 is 0.909 bits per heavy atom. The zero-order chi connectivity index (χ0) is 16.3. The minimum atomic E-state index is -3.54. The van der Waals surface area contributed by atoms with Gasteiger partial charge in [-0.2, -0.15) is 0 Å². The average molecular weight is 357 g/mol. The molecular formula is C16H15Cl2O3P. The summed E-state index contributed by atoms with van der Waals surface area (Å²) in [6.07, 6.45) is 0. The predicted octanol–water partition coefficient (Wildman–Crippen LogP) is 4.42. The molecule has 0 unspecified atom stereocenters. The van der Waals surface area contributed by atoms with Crippen LogP contribution in [0.1, 0.15) is 13.8 Å². The molecule has 0 aliphatic carbocycles. The third-order valence-corrected chi connectivity index (χ3v) is 5.92. The van der Waals surface area contributed by atoms with Gasteiger partial charge in [0.1, 0.15) is 0 Å². The van der Waals surface area contributed by atoms with Crippen LogP contribution in [0.15, 0.2) is 48.5 Å². The maximum absolute atomic E-state index is 13.4. The normalized spacial score (nSPS) is 11.5.